The summed E-state index contributed by atoms with van der Waals surface area (Å²) in [6, 6.07) is 9.34. The minimum Gasteiger partial charge on any atom is -0.429 e. The lowest BCUT2D eigenvalue weighted by Gasteiger charge is -2.31. The molecule has 0 saturated carbocycles. The highest BCUT2D eigenvalue weighted by atomic mass is 16.7. The fraction of sp³-hybridized carbons (Fsp3) is 0.308. The number of hydrogen-bond acceptors (Lipinski definition) is 4. The molecule has 0 aromatic heterocycles. The molecule has 2 rings (SSSR count). The van der Waals surface area contributed by atoms with Crippen LogP contribution < -0.4 is 0 Å². The van der Waals surface area contributed by atoms with E-state index in [2.05, 4.69) is 0 Å². The van der Waals surface area contributed by atoms with Crippen molar-refractivity contribution in [2.75, 3.05) is 0 Å². The van der Waals surface area contributed by atoms with Gasteiger partial charge in [-0.3, -0.25) is 4.79 Å². The van der Waals surface area contributed by atoms with Crippen molar-refractivity contribution in [1.29, 1.82) is 0 Å². The van der Waals surface area contributed by atoms with Crippen molar-refractivity contribution in [3.8, 4) is 0 Å². The number of benzene rings is 1. The molecule has 1 aromatic rings. The maximum atomic E-state index is 11.1. The molecule has 0 spiro atoms. The number of hydrogen-bond donors (Lipinski definition) is 2. The maximum Gasteiger partial charge on any atom is 0.311 e. The minimum atomic E-state index is -1.70. The lowest BCUT2D eigenvalue weighted by atomic mass is 10.0. The fourth-order valence-electron chi connectivity index (χ4n) is 1.78. The summed E-state index contributed by atoms with van der Waals surface area (Å²) in [5, 5.41) is 19.4. The molecule has 0 amide bonds. The van der Waals surface area contributed by atoms with E-state index >= 15 is 0 Å². The summed E-state index contributed by atoms with van der Waals surface area (Å²) in [5.41, 5.74) is 0.886. The lowest BCUT2D eigenvalue weighted by molar-refractivity contribution is -0.214. The molecule has 1 fully saturated rings. The highest BCUT2D eigenvalue weighted by molar-refractivity contribution is 5.71. The molecule has 0 bridgehead atoms. The number of aliphatic hydroxyl groups is 2. The first kappa shape index (κ1) is 11.8. The van der Waals surface area contributed by atoms with Crippen molar-refractivity contribution in [1.82, 2.24) is 0 Å². The molecule has 4 nitrogen and oxygen atoms in total. The van der Waals surface area contributed by atoms with E-state index in [0.717, 1.165) is 5.56 Å². The molecule has 1 heterocycles. The van der Waals surface area contributed by atoms with Crippen LogP contribution in [0.15, 0.2) is 36.4 Å². The van der Waals surface area contributed by atoms with Gasteiger partial charge < -0.3 is 14.9 Å². The van der Waals surface area contributed by atoms with E-state index in [0.29, 0.717) is 0 Å². The molecule has 0 radical (unpaired) electrons. The third kappa shape index (κ3) is 3.15. The summed E-state index contributed by atoms with van der Waals surface area (Å²) in [6.45, 7) is 0. The van der Waals surface area contributed by atoms with Crippen LogP contribution in [0.4, 0.5) is 0 Å². The van der Waals surface area contributed by atoms with Gasteiger partial charge in [0, 0.05) is 6.42 Å². The first-order valence-electron chi connectivity index (χ1n) is 5.44. The number of esters is 1. The number of ether oxygens (including phenoxy) is 1. The molecule has 1 aliphatic rings. The van der Waals surface area contributed by atoms with Crippen LogP contribution in [-0.4, -0.2) is 28.1 Å². The summed E-state index contributed by atoms with van der Waals surface area (Å²) in [7, 11) is 0. The highest BCUT2D eigenvalue weighted by Gasteiger charge is 2.37. The summed E-state index contributed by atoms with van der Waals surface area (Å²) in [4.78, 5) is 11.1. The van der Waals surface area contributed by atoms with Crippen molar-refractivity contribution in [2.45, 2.75) is 24.7 Å². The minimum absolute atomic E-state index is 0.00206. The number of carbonyl (C=O) groups is 1. The van der Waals surface area contributed by atoms with Gasteiger partial charge in [0.2, 0.25) is 5.79 Å². The third-order valence-electron chi connectivity index (χ3n) is 2.56. The van der Waals surface area contributed by atoms with Crippen molar-refractivity contribution in [2.24, 2.45) is 0 Å². The maximum absolute atomic E-state index is 11.1. The van der Waals surface area contributed by atoms with E-state index in [1.54, 1.807) is 6.08 Å². The van der Waals surface area contributed by atoms with Gasteiger partial charge in [-0.05, 0) is 11.6 Å². The predicted molar refractivity (Wildman–Crippen MR) is 61.8 cm³/mol. The average molecular weight is 234 g/mol. The van der Waals surface area contributed by atoms with Crippen LogP contribution in [0.2, 0.25) is 0 Å². The molecular weight excluding hydrogens is 220 g/mol. The zero-order valence-corrected chi connectivity index (χ0v) is 9.24. The van der Waals surface area contributed by atoms with Crippen LogP contribution in [0.25, 0.3) is 6.08 Å². The van der Waals surface area contributed by atoms with Gasteiger partial charge in [-0.15, -0.1) is 0 Å². The predicted octanol–water partition coefficient (Wildman–Crippen LogP) is 1.09. The van der Waals surface area contributed by atoms with Crippen LogP contribution in [-0.2, 0) is 9.53 Å². The highest BCUT2D eigenvalue weighted by Crippen LogP contribution is 2.25. The summed E-state index contributed by atoms with van der Waals surface area (Å²) >= 11 is 0. The van der Waals surface area contributed by atoms with Gasteiger partial charge in [-0.25, -0.2) is 0 Å². The van der Waals surface area contributed by atoms with Gasteiger partial charge in [0.25, 0.3) is 0 Å². The Morgan fingerprint density at radius 3 is 2.71 bits per heavy atom. The number of rotatable bonds is 2. The normalized spacial score (nSPS) is 29.3. The topological polar surface area (TPSA) is 66.8 Å². The van der Waals surface area contributed by atoms with Crippen molar-refractivity contribution in [3.63, 3.8) is 0 Å². The van der Waals surface area contributed by atoms with E-state index in [-0.39, 0.29) is 12.8 Å². The van der Waals surface area contributed by atoms with Crippen molar-refractivity contribution >= 4 is 12.0 Å². The van der Waals surface area contributed by atoms with Gasteiger partial charge >= 0.3 is 5.97 Å². The Morgan fingerprint density at radius 2 is 2.06 bits per heavy atom. The Morgan fingerprint density at radius 1 is 1.35 bits per heavy atom. The Hall–Kier alpha value is -1.65. The van der Waals surface area contributed by atoms with E-state index in [4.69, 9.17) is 4.74 Å². The van der Waals surface area contributed by atoms with E-state index in [1.807, 2.05) is 30.3 Å². The molecule has 0 unspecified atom stereocenters. The zero-order chi connectivity index (χ0) is 12.3. The van der Waals surface area contributed by atoms with Crippen molar-refractivity contribution in [3.05, 3.63) is 42.0 Å². The number of carbonyl (C=O) groups excluding carboxylic acids is 1. The van der Waals surface area contributed by atoms with Crippen LogP contribution in [0, 0.1) is 0 Å². The standard InChI is InChI=1S/C13H14O4/c14-11-8-12(15)17-13(16,9-11)7-6-10-4-2-1-3-5-10/h1-7,11,14,16H,8-9H2/t11-,13+/m0/s1. The molecule has 1 aromatic carbocycles. The first-order chi connectivity index (χ1) is 8.07. The average Bonchev–Trinajstić information content (AvgIpc) is 2.26. The van der Waals surface area contributed by atoms with Gasteiger partial charge in [0.15, 0.2) is 0 Å². The molecule has 1 saturated heterocycles. The molecule has 2 N–H and O–H groups in total. The van der Waals surface area contributed by atoms with Crippen LogP contribution in [0.3, 0.4) is 0 Å². The third-order valence-corrected chi connectivity index (χ3v) is 2.56. The molecule has 0 aliphatic carbocycles. The summed E-state index contributed by atoms with van der Waals surface area (Å²) < 4.78 is 4.84. The van der Waals surface area contributed by atoms with E-state index in [1.165, 1.54) is 6.08 Å². The van der Waals surface area contributed by atoms with E-state index < -0.39 is 17.9 Å². The second-order valence-electron chi connectivity index (χ2n) is 4.12. The lowest BCUT2D eigenvalue weighted by Crippen LogP contribution is -2.42. The molecular formula is C13H14O4. The van der Waals surface area contributed by atoms with E-state index in [9.17, 15) is 15.0 Å². The Bertz CT molecular complexity index is 426. The van der Waals surface area contributed by atoms with Gasteiger partial charge in [0.05, 0.1) is 12.5 Å². The van der Waals surface area contributed by atoms with Gasteiger partial charge in [-0.2, -0.15) is 0 Å². The SMILES string of the molecule is O=C1C[C@H](O)C[C@@](O)(C=Cc2ccccc2)O1. The Balaban J connectivity index is 2.11. The number of cyclic esters (lactones) is 1. The zero-order valence-electron chi connectivity index (χ0n) is 9.24. The van der Waals surface area contributed by atoms with Gasteiger partial charge in [-0.1, -0.05) is 36.4 Å². The Labute approximate surface area is 99.2 Å². The smallest absolute Gasteiger partial charge is 0.311 e. The molecule has 1 aliphatic heterocycles. The largest absolute Gasteiger partial charge is 0.429 e. The Kier molecular flexibility index (Phi) is 3.26. The monoisotopic (exact) mass is 234 g/mol. The fourth-order valence-corrected chi connectivity index (χ4v) is 1.78. The quantitative estimate of drug-likeness (QED) is 0.752. The summed E-state index contributed by atoms with van der Waals surface area (Å²) in [5.74, 6) is -2.30. The number of aliphatic hydroxyl groups excluding tert-OH is 1. The van der Waals surface area contributed by atoms with Crippen LogP contribution in [0.1, 0.15) is 18.4 Å². The first-order valence-corrected chi connectivity index (χ1v) is 5.44. The molecule has 2 atom stereocenters. The summed E-state index contributed by atoms with van der Waals surface area (Å²) in [6.07, 6.45) is 2.12. The van der Waals surface area contributed by atoms with Crippen molar-refractivity contribution < 1.29 is 19.7 Å². The van der Waals surface area contributed by atoms with Crippen LogP contribution in [0.5, 0.6) is 0 Å². The second-order valence-corrected chi connectivity index (χ2v) is 4.12. The molecule has 17 heavy (non-hydrogen) atoms. The molecule has 4 heteroatoms. The second kappa shape index (κ2) is 4.69. The van der Waals surface area contributed by atoms with Gasteiger partial charge in [0.1, 0.15) is 0 Å². The molecule has 90 valence electrons. The van der Waals surface area contributed by atoms with Crippen LogP contribution >= 0.6 is 0 Å².